The van der Waals surface area contributed by atoms with E-state index >= 15 is 0 Å². The Morgan fingerprint density at radius 2 is 1.92 bits per heavy atom. The molecule has 0 amide bonds. The number of hydrogen-bond acceptors (Lipinski definition) is 5. The minimum Gasteiger partial charge on any atom is -0.396 e. The van der Waals surface area contributed by atoms with Crippen molar-refractivity contribution in [2.45, 2.75) is 13.0 Å². The summed E-state index contributed by atoms with van der Waals surface area (Å²) in [6.45, 7) is 0.725. The molecule has 0 bridgehead atoms. The minimum atomic E-state index is -0.233. The lowest BCUT2D eigenvalue weighted by atomic mass is 10.1. The zero-order valence-electron chi connectivity index (χ0n) is 13.9. The molecule has 0 aliphatic heterocycles. The first-order valence-electron chi connectivity index (χ1n) is 7.91. The molecule has 0 unspecified atom stereocenters. The summed E-state index contributed by atoms with van der Waals surface area (Å²) in [5, 5.41) is 0.159. The molecule has 5 N–H and O–H groups in total. The fourth-order valence-electron chi connectivity index (χ4n) is 2.47. The monoisotopic (exact) mass is 372 g/mol. The van der Waals surface area contributed by atoms with Gasteiger partial charge in [0, 0.05) is 24.5 Å². The first-order valence-corrected chi connectivity index (χ1v) is 8.29. The second-order valence-electron chi connectivity index (χ2n) is 5.67. The van der Waals surface area contributed by atoms with Gasteiger partial charge in [0.1, 0.15) is 16.7 Å². The van der Waals surface area contributed by atoms with Gasteiger partial charge in [-0.2, -0.15) is 0 Å². The molecule has 26 heavy (non-hydrogen) atoms. The number of hydrogen-bond donors (Lipinski definition) is 3. The normalized spacial score (nSPS) is 12.0. The van der Waals surface area contributed by atoms with Crippen LogP contribution in [-0.2, 0) is 13.0 Å². The van der Waals surface area contributed by atoms with Crippen molar-refractivity contribution in [1.82, 2.24) is 20.0 Å². The SMILES string of the molecule is NN/C(Cl)=C(\N)c1ccnc(-c2cn(CCc3ccc(F)cc3)cn2)c1. The number of pyridine rings is 1. The molecule has 2 heterocycles. The van der Waals surface area contributed by atoms with Crippen molar-refractivity contribution in [3.05, 3.63) is 77.2 Å². The van der Waals surface area contributed by atoms with Gasteiger partial charge in [-0.1, -0.05) is 23.7 Å². The van der Waals surface area contributed by atoms with Crippen LogP contribution in [-0.4, -0.2) is 14.5 Å². The Morgan fingerprint density at radius 1 is 1.15 bits per heavy atom. The first kappa shape index (κ1) is 17.9. The van der Waals surface area contributed by atoms with Crippen LogP contribution in [0.1, 0.15) is 11.1 Å². The molecule has 3 rings (SSSR count). The van der Waals surface area contributed by atoms with Crippen molar-refractivity contribution in [2.24, 2.45) is 11.6 Å². The number of nitrogens with one attached hydrogen (secondary N) is 1. The predicted molar refractivity (Wildman–Crippen MR) is 99.8 cm³/mol. The van der Waals surface area contributed by atoms with E-state index in [0.717, 1.165) is 24.2 Å². The highest BCUT2D eigenvalue weighted by Gasteiger charge is 2.08. The van der Waals surface area contributed by atoms with Gasteiger partial charge in [0.25, 0.3) is 0 Å². The van der Waals surface area contributed by atoms with E-state index in [-0.39, 0.29) is 11.0 Å². The molecule has 6 nitrogen and oxygen atoms in total. The molecule has 0 atom stereocenters. The third-order valence-electron chi connectivity index (χ3n) is 3.90. The van der Waals surface area contributed by atoms with Crippen LogP contribution >= 0.6 is 11.6 Å². The van der Waals surface area contributed by atoms with Crippen LogP contribution in [0, 0.1) is 5.82 Å². The number of imidazole rings is 1. The smallest absolute Gasteiger partial charge is 0.140 e. The maximum atomic E-state index is 12.9. The maximum Gasteiger partial charge on any atom is 0.140 e. The first-order chi connectivity index (χ1) is 12.6. The molecule has 3 aromatic rings. The topological polar surface area (TPSA) is 94.8 Å². The molecule has 0 aliphatic carbocycles. The highest BCUT2D eigenvalue weighted by molar-refractivity contribution is 6.32. The molecule has 0 aliphatic rings. The van der Waals surface area contributed by atoms with Crippen molar-refractivity contribution < 1.29 is 4.39 Å². The van der Waals surface area contributed by atoms with Gasteiger partial charge in [0.15, 0.2) is 0 Å². The van der Waals surface area contributed by atoms with E-state index in [9.17, 15) is 4.39 Å². The summed E-state index contributed by atoms with van der Waals surface area (Å²) in [5.41, 5.74) is 11.7. The summed E-state index contributed by atoms with van der Waals surface area (Å²) >= 11 is 5.92. The Hall–Kier alpha value is -2.90. The average Bonchev–Trinajstić information content (AvgIpc) is 3.15. The van der Waals surface area contributed by atoms with Crippen LogP contribution in [0.2, 0.25) is 0 Å². The summed E-state index contributed by atoms with van der Waals surface area (Å²) in [4.78, 5) is 8.72. The highest BCUT2D eigenvalue weighted by Crippen LogP contribution is 2.20. The van der Waals surface area contributed by atoms with E-state index in [0.29, 0.717) is 17.0 Å². The summed E-state index contributed by atoms with van der Waals surface area (Å²) < 4.78 is 14.9. The van der Waals surface area contributed by atoms with E-state index in [1.165, 1.54) is 12.1 Å². The fraction of sp³-hybridized carbons (Fsp3) is 0.111. The molecular weight excluding hydrogens is 355 g/mol. The largest absolute Gasteiger partial charge is 0.396 e. The van der Waals surface area contributed by atoms with E-state index in [4.69, 9.17) is 23.2 Å². The number of aromatic nitrogens is 3. The molecule has 0 radical (unpaired) electrons. The van der Waals surface area contributed by atoms with Crippen molar-refractivity contribution in [3.8, 4) is 11.4 Å². The third kappa shape index (κ3) is 4.19. The Bertz CT molecular complexity index is 919. The number of halogens is 2. The van der Waals surface area contributed by atoms with Crippen LogP contribution in [0.5, 0.6) is 0 Å². The van der Waals surface area contributed by atoms with Crippen LogP contribution < -0.4 is 17.0 Å². The molecule has 0 fully saturated rings. The average molecular weight is 373 g/mol. The molecule has 0 saturated heterocycles. The van der Waals surface area contributed by atoms with Crippen molar-refractivity contribution >= 4 is 17.3 Å². The Balaban J connectivity index is 1.74. The summed E-state index contributed by atoms with van der Waals surface area (Å²) in [6.07, 6.45) is 6.05. The zero-order chi connectivity index (χ0) is 18.5. The van der Waals surface area contributed by atoms with E-state index < -0.39 is 0 Å². The fourth-order valence-corrected chi connectivity index (χ4v) is 2.58. The molecule has 0 saturated carbocycles. The lowest BCUT2D eigenvalue weighted by Gasteiger charge is -2.06. The summed E-state index contributed by atoms with van der Waals surface area (Å²) in [6, 6.07) is 10.0. The van der Waals surface area contributed by atoms with Gasteiger partial charge in [0.2, 0.25) is 0 Å². The number of benzene rings is 1. The second-order valence-corrected chi connectivity index (χ2v) is 6.05. The van der Waals surface area contributed by atoms with Crippen LogP contribution in [0.25, 0.3) is 17.1 Å². The number of rotatable bonds is 6. The predicted octanol–water partition coefficient (Wildman–Crippen LogP) is 2.61. The van der Waals surface area contributed by atoms with Gasteiger partial charge in [-0.25, -0.2) is 15.2 Å². The Morgan fingerprint density at radius 3 is 2.65 bits per heavy atom. The van der Waals surface area contributed by atoms with Crippen LogP contribution in [0.4, 0.5) is 4.39 Å². The lowest BCUT2D eigenvalue weighted by Crippen LogP contribution is -2.21. The van der Waals surface area contributed by atoms with Gasteiger partial charge in [0.05, 0.1) is 17.7 Å². The standard InChI is InChI=1S/C18H18ClFN6/c19-18(25-22)17(21)13-5-7-23-15(9-13)16-10-26(11-24-16)8-6-12-1-3-14(20)4-2-12/h1-5,7,9-11,25H,6,8,21-22H2/b18-17-. The van der Waals surface area contributed by atoms with Crippen LogP contribution in [0.3, 0.4) is 0 Å². The van der Waals surface area contributed by atoms with Gasteiger partial charge < -0.3 is 15.7 Å². The van der Waals surface area contributed by atoms with Gasteiger partial charge in [-0.15, -0.1) is 0 Å². The number of aryl methyl sites for hydroxylation is 2. The third-order valence-corrected chi connectivity index (χ3v) is 4.21. The van der Waals surface area contributed by atoms with Gasteiger partial charge in [-0.3, -0.25) is 4.98 Å². The number of hydrazine groups is 1. The molecule has 134 valence electrons. The van der Waals surface area contributed by atoms with Gasteiger partial charge >= 0.3 is 0 Å². The van der Waals surface area contributed by atoms with Crippen LogP contribution in [0.15, 0.2) is 60.3 Å². The molecule has 0 spiro atoms. The van der Waals surface area contributed by atoms with E-state index in [2.05, 4.69) is 15.4 Å². The lowest BCUT2D eigenvalue weighted by molar-refractivity contribution is 0.625. The second kappa shape index (κ2) is 7.99. The molecule has 1 aromatic carbocycles. The number of nitrogens with two attached hydrogens (primary N) is 2. The zero-order valence-corrected chi connectivity index (χ0v) is 14.6. The summed E-state index contributed by atoms with van der Waals surface area (Å²) in [5.74, 6) is 5.05. The van der Waals surface area contributed by atoms with E-state index in [1.54, 1.807) is 36.8 Å². The summed E-state index contributed by atoms with van der Waals surface area (Å²) in [7, 11) is 0. The quantitative estimate of drug-likeness (QED) is 0.351. The molecule has 2 aromatic heterocycles. The highest BCUT2D eigenvalue weighted by atomic mass is 35.5. The van der Waals surface area contributed by atoms with Crippen molar-refractivity contribution in [1.29, 1.82) is 0 Å². The van der Waals surface area contributed by atoms with Crippen molar-refractivity contribution in [3.63, 3.8) is 0 Å². The molecule has 8 heteroatoms. The van der Waals surface area contributed by atoms with Gasteiger partial charge in [-0.05, 0) is 36.2 Å². The minimum absolute atomic E-state index is 0.159. The Kier molecular flexibility index (Phi) is 5.50. The number of nitrogens with zero attached hydrogens (tertiary/aromatic N) is 3. The Labute approximate surface area is 155 Å². The van der Waals surface area contributed by atoms with E-state index in [1.807, 2.05) is 10.8 Å². The maximum absolute atomic E-state index is 12.9. The molecular formula is C18H18ClFN6. The van der Waals surface area contributed by atoms with Crippen molar-refractivity contribution in [2.75, 3.05) is 0 Å².